The molecule has 2 N–H and O–H groups in total. The molecule has 1 aliphatic heterocycles. The Bertz CT molecular complexity index is 960. The maximum atomic E-state index is 13.2. The van der Waals surface area contributed by atoms with Crippen LogP contribution in [0.25, 0.3) is 0 Å². The number of esters is 1. The van der Waals surface area contributed by atoms with Crippen LogP contribution in [-0.4, -0.2) is 47.4 Å². The second-order valence-electron chi connectivity index (χ2n) is 9.78. The highest BCUT2D eigenvalue weighted by Crippen LogP contribution is 2.45. The van der Waals surface area contributed by atoms with Gasteiger partial charge in [-0.25, -0.2) is 9.59 Å². The largest absolute Gasteiger partial charge is 0.462 e. The summed E-state index contributed by atoms with van der Waals surface area (Å²) in [5.74, 6) is -0.861. The van der Waals surface area contributed by atoms with Crippen LogP contribution in [0.1, 0.15) is 80.6 Å². The third kappa shape index (κ3) is 4.78. The van der Waals surface area contributed by atoms with E-state index in [4.69, 9.17) is 4.74 Å². The van der Waals surface area contributed by atoms with Crippen molar-refractivity contribution in [3.8, 4) is 0 Å². The van der Waals surface area contributed by atoms with Crippen molar-refractivity contribution in [3.05, 3.63) is 16.0 Å². The van der Waals surface area contributed by atoms with Gasteiger partial charge >= 0.3 is 12.0 Å². The number of ether oxygens (including phenoxy) is 1. The first kappa shape index (κ1) is 25.2. The fraction of sp³-hybridized carbons (Fsp3) is 0.667. The maximum absolute atomic E-state index is 13.2. The highest BCUT2D eigenvalue weighted by atomic mass is 32.1. The van der Waals surface area contributed by atoms with Crippen LogP contribution in [-0.2, 0) is 14.3 Å². The van der Waals surface area contributed by atoms with Gasteiger partial charge in [0.05, 0.1) is 12.2 Å². The fourth-order valence-corrected chi connectivity index (χ4v) is 5.88. The number of carbonyl (C=O) groups is 4. The molecular weight excluding hydrogens is 442 g/mol. The number of aryl methyl sites for hydroxylation is 1. The number of nitrogens with one attached hydrogen (secondary N) is 2. The Balaban J connectivity index is 1.69. The summed E-state index contributed by atoms with van der Waals surface area (Å²) in [7, 11) is 0. The molecule has 1 aromatic heterocycles. The molecule has 4 amide bonds. The molecule has 1 saturated heterocycles. The SMILES string of the molecule is CCOC(=O)c1c(NC(=O)CN2C(=O)NC3(CCC(C(C)(C)CC)CC3)C2=O)sc(C)c1C. The third-order valence-corrected chi connectivity index (χ3v) is 8.64. The number of urea groups is 1. The highest BCUT2D eigenvalue weighted by molar-refractivity contribution is 7.16. The Morgan fingerprint density at radius 1 is 1.21 bits per heavy atom. The van der Waals surface area contributed by atoms with E-state index in [0.717, 1.165) is 34.6 Å². The predicted octanol–water partition coefficient (Wildman–Crippen LogP) is 4.40. The van der Waals surface area contributed by atoms with Gasteiger partial charge in [-0.15, -0.1) is 11.3 Å². The van der Waals surface area contributed by atoms with Crippen LogP contribution >= 0.6 is 11.3 Å². The number of rotatable bonds is 7. The lowest BCUT2D eigenvalue weighted by atomic mass is 9.65. The number of hydrogen-bond donors (Lipinski definition) is 2. The monoisotopic (exact) mass is 477 g/mol. The quantitative estimate of drug-likeness (QED) is 0.447. The molecule has 0 unspecified atom stereocenters. The van der Waals surface area contributed by atoms with Gasteiger partial charge in [-0.05, 0) is 63.4 Å². The Morgan fingerprint density at radius 2 is 1.85 bits per heavy atom. The van der Waals surface area contributed by atoms with Crippen molar-refractivity contribution in [2.45, 2.75) is 79.2 Å². The molecule has 1 saturated carbocycles. The van der Waals surface area contributed by atoms with Crippen LogP contribution in [0, 0.1) is 25.2 Å². The zero-order valence-electron chi connectivity index (χ0n) is 20.4. The normalized spacial score (nSPS) is 23.1. The Kier molecular flexibility index (Phi) is 7.21. The third-order valence-electron chi connectivity index (χ3n) is 7.52. The standard InChI is InChI=1S/C24H35N3O5S/c1-7-23(5,6)16-9-11-24(12-10-16)21(30)27(22(31)26-24)13-17(28)25-19-18(20(29)32-8-2)14(3)15(4)33-19/h16H,7-13H2,1-6H3,(H,25,28)(H,26,31). The van der Waals surface area contributed by atoms with Gasteiger partial charge < -0.3 is 15.4 Å². The highest BCUT2D eigenvalue weighted by Gasteiger charge is 2.53. The lowest BCUT2D eigenvalue weighted by Crippen LogP contribution is -2.51. The van der Waals surface area contributed by atoms with Gasteiger partial charge in [0.1, 0.15) is 17.1 Å². The topological polar surface area (TPSA) is 105 Å². The molecule has 0 aromatic carbocycles. The second kappa shape index (κ2) is 9.44. The van der Waals surface area contributed by atoms with Crippen LogP contribution in [0.4, 0.5) is 9.80 Å². The zero-order valence-corrected chi connectivity index (χ0v) is 21.2. The number of anilines is 1. The van der Waals surface area contributed by atoms with Crippen LogP contribution < -0.4 is 10.6 Å². The minimum Gasteiger partial charge on any atom is -0.462 e. The number of carbonyl (C=O) groups excluding carboxylic acids is 4. The molecule has 2 heterocycles. The lowest BCUT2D eigenvalue weighted by molar-refractivity contribution is -0.135. The Hall–Kier alpha value is -2.42. The van der Waals surface area contributed by atoms with E-state index in [1.807, 2.05) is 6.92 Å². The molecule has 0 bridgehead atoms. The van der Waals surface area contributed by atoms with Crippen LogP contribution in [0.2, 0.25) is 0 Å². The summed E-state index contributed by atoms with van der Waals surface area (Å²) >= 11 is 1.27. The Morgan fingerprint density at radius 3 is 2.42 bits per heavy atom. The summed E-state index contributed by atoms with van der Waals surface area (Å²) in [5.41, 5.74) is 0.345. The van der Waals surface area contributed by atoms with Gasteiger partial charge in [0, 0.05) is 4.88 Å². The second-order valence-corrected chi connectivity index (χ2v) is 11.0. The van der Waals surface area contributed by atoms with E-state index in [0.29, 0.717) is 29.3 Å². The van der Waals surface area contributed by atoms with E-state index >= 15 is 0 Å². The molecule has 33 heavy (non-hydrogen) atoms. The molecule has 1 aromatic rings. The molecule has 0 atom stereocenters. The van der Waals surface area contributed by atoms with Crippen molar-refractivity contribution < 1.29 is 23.9 Å². The van der Waals surface area contributed by atoms with E-state index in [1.54, 1.807) is 13.8 Å². The molecule has 0 radical (unpaired) electrons. The first-order valence-electron chi connectivity index (χ1n) is 11.7. The van der Waals surface area contributed by atoms with Crippen molar-refractivity contribution in [2.24, 2.45) is 11.3 Å². The first-order valence-corrected chi connectivity index (χ1v) is 12.5. The first-order chi connectivity index (χ1) is 15.5. The lowest BCUT2D eigenvalue weighted by Gasteiger charge is -2.42. The van der Waals surface area contributed by atoms with Gasteiger partial charge in [0.25, 0.3) is 5.91 Å². The van der Waals surface area contributed by atoms with Crippen LogP contribution in [0.3, 0.4) is 0 Å². The number of hydrogen-bond acceptors (Lipinski definition) is 6. The summed E-state index contributed by atoms with van der Waals surface area (Å²) in [6, 6.07) is -0.535. The average Bonchev–Trinajstić information content (AvgIpc) is 3.15. The number of imide groups is 1. The smallest absolute Gasteiger partial charge is 0.341 e. The fourth-order valence-electron chi connectivity index (χ4n) is 4.81. The van der Waals surface area contributed by atoms with E-state index in [1.165, 1.54) is 11.3 Å². The molecule has 1 aliphatic carbocycles. The van der Waals surface area contributed by atoms with E-state index in [2.05, 4.69) is 31.4 Å². The molecule has 9 heteroatoms. The summed E-state index contributed by atoms with van der Waals surface area (Å²) < 4.78 is 5.12. The van der Waals surface area contributed by atoms with Crippen molar-refractivity contribution in [1.82, 2.24) is 10.2 Å². The molecule has 1 spiro atoms. The summed E-state index contributed by atoms with van der Waals surface area (Å²) in [5, 5.41) is 5.96. The van der Waals surface area contributed by atoms with Crippen molar-refractivity contribution in [2.75, 3.05) is 18.5 Å². The molecule has 182 valence electrons. The molecule has 3 rings (SSSR count). The van der Waals surface area contributed by atoms with E-state index < -0.39 is 30.0 Å². The van der Waals surface area contributed by atoms with Gasteiger partial charge in [-0.1, -0.05) is 27.2 Å². The minimum atomic E-state index is -0.913. The van der Waals surface area contributed by atoms with Gasteiger partial charge in [0.2, 0.25) is 5.91 Å². The predicted molar refractivity (Wildman–Crippen MR) is 127 cm³/mol. The molecule has 2 fully saturated rings. The number of nitrogens with zero attached hydrogens (tertiary/aromatic N) is 1. The van der Waals surface area contributed by atoms with Gasteiger partial charge in [-0.3, -0.25) is 14.5 Å². The average molecular weight is 478 g/mol. The number of amides is 4. The molecule has 8 nitrogen and oxygen atoms in total. The minimum absolute atomic E-state index is 0.195. The molecular formula is C24H35N3O5S. The summed E-state index contributed by atoms with van der Waals surface area (Å²) in [6.45, 7) is 11.9. The van der Waals surface area contributed by atoms with Crippen LogP contribution in [0.15, 0.2) is 0 Å². The summed E-state index contributed by atoms with van der Waals surface area (Å²) in [6.07, 6.45) is 3.96. The van der Waals surface area contributed by atoms with Gasteiger partial charge in [-0.2, -0.15) is 0 Å². The van der Waals surface area contributed by atoms with Crippen LogP contribution in [0.5, 0.6) is 0 Å². The van der Waals surface area contributed by atoms with E-state index in [9.17, 15) is 19.2 Å². The van der Waals surface area contributed by atoms with Crippen molar-refractivity contribution in [1.29, 1.82) is 0 Å². The van der Waals surface area contributed by atoms with Crippen molar-refractivity contribution in [3.63, 3.8) is 0 Å². The summed E-state index contributed by atoms with van der Waals surface area (Å²) in [4.78, 5) is 52.9. The Labute approximate surface area is 199 Å². The molecule has 2 aliphatic rings. The van der Waals surface area contributed by atoms with E-state index in [-0.39, 0.29) is 17.9 Å². The number of thiophene rings is 1. The van der Waals surface area contributed by atoms with Gasteiger partial charge in [0.15, 0.2) is 0 Å². The van der Waals surface area contributed by atoms with Crippen molar-refractivity contribution >= 4 is 40.2 Å². The zero-order chi connectivity index (χ0) is 24.6. The maximum Gasteiger partial charge on any atom is 0.341 e.